The first-order valence-corrected chi connectivity index (χ1v) is 7.66. The van der Waals surface area contributed by atoms with E-state index in [-0.39, 0.29) is 5.97 Å². The van der Waals surface area contributed by atoms with Gasteiger partial charge < -0.3 is 14.8 Å². The second-order valence-corrected chi connectivity index (χ2v) is 5.47. The largest absolute Gasteiger partial charge is 0.496 e. The topological polar surface area (TPSA) is 47.6 Å². The Morgan fingerprint density at radius 1 is 1.13 bits per heavy atom. The molecule has 0 aromatic heterocycles. The normalized spacial score (nSPS) is 11.8. The van der Waals surface area contributed by atoms with Crippen LogP contribution in [0.1, 0.15) is 34.3 Å². The maximum absolute atomic E-state index is 11.8. The first-order chi connectivity index (χ1) is 11.2. The number of rotatable bonds is 7. The van der Waals surface area contributed by atoms with Gasteiger partial charge in [0, 0.05) is 13.1 Å². The van der Waals surface area contributed by atoms with Crippen LogP contribution in [0.5, 0.6) is 5.75 Å². The lowest BCUT2D eigenvalue weighted by molar-refractivity contribution is 0.0597. The van der Waals surface area contributed by atoms with Crippen molar-refractivity contribution >= 4 is 5.97 Å². The smallest absolute Gasteiger partial charge is 0.341 e. The van der Waals surface area contributed by atoms with Crippen molar-refractivity contribution < 1.29 is 14.3 Å². The molecule has 0 radical (unpaired) electrons. The summed E-state index contributed by atoms with van der Waals surface area (Å²) in [5, 5.41) is 3.43. The van der Waals surface area contributed by atoms with Crippen LogP contribution in [-0.2, 0) is 11.3 Å². The highest BCUT2D eigenvalue weighted by Gasteiger charge is 2.13. The molecular formula is C19H23NO3. The van der Waals surface area contributed by atoms with Gasteiger partial charge in [-0.2, -0.15) is 0 Å². The number of esters is 1. The van der Waals surface area contributed by atoms with E-state index in [9.17, 15) is 4.79 Å². The third-order valence-corrected chi connectivity index (χ3v) is 3.82. The molecule has 0 unspecified atom stereocenters. The van der Waals surface area contributed by atoms with Crippen molar-refractivity contribution in [1.82, 2.24) is 5.32 Å². The molecule has 0 heterocycles. The van der Waals surface area contributed by atoms with Crippen LogP contribution in [0.25, 0.3) is 0 Å². The molecule has 0 bridgehead atoms. The standard InChI is InChI=1S/C19H23NO3/c1-14(16-7-5-4-6-8-16)12-20-13-15-9-10-18(22-2)17(11-15)19(21)23-3/h4-11,14,20H,12-13H2,1-3H3/t14-/m1/s1. The lowest BCUT2D eigenvalue weighted by Crippen LogP contribution is -2.20. The highest BCUT2D eigenvalue weighted by atomic mass is 16.5. The predicted octanol–water partition coefficient (Wildman–Crippen LogP) is 3.38. The Bertz CT molecular complexity index is 640. The van der Waals surface area contributed by atoms with Crippen molar-refractivity contribution in [1.29, 1.82) is 0 Å². The van der Waals surface area contributed by atoms with Gasteiger partial charge in [-0.3, -0.25) is 0 Å². The maximum atomic E-state index is 11.8. The molecule has 4 heteroatoms. The molecule has 0 saturated heterocycles. The fourth-order valence-corrected chi connectivity index (χ4v) is 2.47. The number of methoxy groups -OCH3 is 2. The Morgan fingerprint density at radius 3 is 2.52 bits per heavy atom. The van der Waals surface area contributed by atoms with Crippen molar-refractivity contribution in [2.45, 2.75) is 19.4 Å². The van der Waals surface area contributed by atoms with E-state index >= 15 is 0 Å². The van der Waals surface area contributed by atoms with Crippen LogP contribution in [0.2, 0.25) is 0 Å². The molecule has 2 aromatic carbocycles. The molecule has 0 amide bonds. The predicted molar refractivity (Wildman–Crippen MR) is 90.9 cm³/mol. The Morgan fingerprint density at radius 2 is 1.87 bits per heavy atom. The summed E-state index contributed by atoms with van der Waals surface area (Å²) in [5.41, 5.74) is 2.78. The Labute approximate surface area is 137 Å². The summed E-state index contributed by atoms with van der Waals surface area (Å²) in [6.07, 6.45) is 0. The molecule has 1 N–H and O–H groups in total. The lowest BCUT2D eigenvalue weighted by Gasteiger charge is -2.14. The van der Waals surface area contributed by atoms with Gasteiger partial charge in [0.2, 0.25) is 0 Å². The Kier molecular flexibility index (Phi) is 6.18. The summed E-state index contributed by atoms with van der Waals surface area (Å²) in [5.74, 6) is 0.564. The van der Waals surface area contributed by atoms with E-state index in [1.54, 1.807) is 13.2 Å². The molecule has 23 heavy (non-hydrogen) atoms. The zero-order valence-electron chi connectivity index (χ0n) is 13.8. The fraction of sp³-hybridized carbons (Fsp3) is 0.316. The SMILES string of the molecule is COC(=O)c1cc(CNC[C@@H](C)c2ccccc2)ccc1OC. The molecular weight excluding hydrogens is 290 g/mol. The Balaban J connectivity index is 1.97. The number of carbonyl (C=O) groups is 1. The number of hydrogen-bond acceptors (Lipinski definition) is 4. The van der Waals surface area contributed by atoms with Gasteiger partial charge in [-0.15, -0.1) is 0 Å². The summed E-state index contributed by atoms with van der Waals surface area (Å²) in [6.45, 7) is 3.74. The zero-order chi connectivity index (χ0) is 16.7. The summed E-state index contributed by atoms with van der Waals surface area (Å²) in [6, 6.07) is 16.0. The number of carbonyl (C=O) groups excluding carboxylic acids is 1. The van der Waals surface area contributed by atoms with Gasteiger partial charge in [0.05, 0.1) is 14.2 Å². The van der Waals surface area contributed by atoms with Crippen molar-refractivity contribution in [3.05, 3.63) is 65.2 Å². The number of benzene rings is 2. The van der Waals surface area contributed by atoms with Crippen LogP contribution >= 0.6 is 0 Å². The molecule has 0 spiro atoms. The number of hydrogen-bond donors (Lipinski definition) is 1. The average molecular weight is 313 g/mol. The highest BCUT2D eigenvalue weighted by molar-refractivity contribution is 5.92. The van der Waals surface area contributed by atoms with Crippen LogP contribution in [0.3, 0.4) is 0 Å². The van der Waals surface area contributed by atoms with Gasteiger partial charge in [-0.1, -0.05) is 43.3 Å². The van der Waals surface area contributed by atoms with Crippen molar-refractivity contribution in [2.24, 2.45) is 0 Å². The molecule has 0 aliphatic rings. The van der Waals surface area contributed by atoms with Crippen LogP contribution in [0.15, 0.2) is 48.5 Å². The summed E-state index contributed by atoms with van der Waals surface area (Å²) < 4.78 is 10.00. The first-order valence-electron chi connectivity index (χ1n) is 7.66. The van der Waals surface area contributed by atoms with Crippen molar-refractivity contribution in [3.63, 3.8) is 0 Å². The van der Waals surface area contributed by atoms with Crippen LogP contribution < -0.4 is 10.1 Å². The highest BCUT2D eigenvalue weighted by Crippen LogP contribution is 2.21. The van der Waals surface area contributed by atoms with E-state index in [1.165, 1.54) is 12.7 Å². The molecule has 0 aliphatic heterocycles. The van der Waals surface area contributed by atoms with E-state index in [0.717, 1.165) is 12.1 Å². The van der Waals surface area contributed by atoms with Crippen LogP contribution in [-0.4, -0.2) is 26.7 Å². The van der Waals surface area contributed by atoms with Crippen molar-refractivity contribution in [2.75, 3.05) is 20.8 Å². The van der Waals surface area contributed by atoms with Crippen LogP contribution in [0.4, 0.5) is 0 Å². The first kappa shape index (κ1) is 17.0. The minimum atomic E-state index is -0.388. The monoisotopic (exact) mass is 313 g/mol. The minimum absolute atomic E-state index is 0.388. The second kappa shape index (κ2) is 8.34. The number of nitrogens with one attached hydrogen (secondary N) is 1. The number of ether oxygens (including phenoxy) is 2. The van der Waals surface area contributed by atoms with Gasteiger partial charge in [-0.25, -0.2) is 4.79 Å². The van der Waals surface area contributed by atoms with E-state index in [1.807, 2.05) is 18.2 Å². The molecule has 0 fully saturated rings. The molecule has 0 aliphatic carbocycles. The molecule has 122 valence electrons. The molecule has 2 rings (SSSR count). The maximum Gasteiger partial charge on any atom is 0.341 e. The summed E-state index contributed by atoms with van der Waals surface area (Å²) in [4.78, 5) is 11.8. The molecule has 4 nitrogen and oxygen atoms in total. The third-order valence-electron chi connectivity index (χ3n) is 3.82. The summed E-state index contributed by atoms with van der Waals surface area (Å²) >= 11 is 0. The minimum Gasteiger partial charge on any atom is -0.496 e. The van der Waals surface area contributed by atoms with Crippen molar-refractivity contribution in [3.8, 4) is 5.75 Å². The lowest BCUT2D eigenvalue weighted by atomic mass is 10.0. The van der Waals surface area contributed by atoms with Gasteiger partial charge in [0.25, 0.3) is 0 Å². The Hall–Kier alpha value is -2.33. The molecule has 2 aromatic rings. The quantitative estimate of drug-likeness (QED) is 0.796. The average Bonchev–Trinajstić information content (AvgIpc) is 2.61. The van der Waals surface area contributed by atoms with E-state index in [2.05, 4.69) is 36.5 Å². The third kappa shape index (κ3) is 4.57. The zero-order valence-corrected chi connectivity index (χ0v) is 13.8. The van der Waals surface area contributed by atoms with E-state index in [0.29, 0.717) is 23.8 Å². The van der Waals surface area contributed by atoms with Gasteiger partial charge in [0.15, 0.2) is 0 Å². The van der Waals surface area contributed by atoms with Crippen LogP contribution in [0, 0.1) is 0 Å². The molecule has 0 saturated carbocycles. The second-order valence-electron chi connectivity index (χ2n) is 5.47. The van der Waals surface area contributed by atoms with Gasteiger partial charge in [0.1, 0.15) is 11.3 Å². The molecule has 1 atom stereocenters. The van der Waals surface area contributed by atoms with Gasteiger partial charge >= 0.3 is 5.97 Å². The fourth-order valence-electron chi connectivity index (χ4n) is 2.47. The van der Waals surface area contributed by atoms with E-state index < -0.39 is 0 Å². The van der Waals surface area contributed by atoms with E-state index in [4.69, 9.17) is 9.47 Å². The van der Waals surface area contributed by atoms with Gasteiger partial charge in [-0.05, 0) is 29.2 Å². The summed E-state index contributed by atoms with van der Waals surface area (Å²) in [7, 11) is 2.91.